The van der Waals surface area contributed by atoms with Crippen LogP contribution in [0, 0.1) is 12.8 Å². The van der Waals surface area contributed by atoms with Crippen molar-refractivity contribution in [1.29, 1.82) is 0 Å². The average Bonchev–Trinajstić information content (AvgIpc) is 3.08. The monoisotopic (exact) mass is 265 g/mol. The molecule has 0 amide bonds. The van der Waals surface area contributed by atoms with Gasteiger partial charge in [-0.05, 0) is 18.9 Å². The number of morpholine rings is 1. The Labute approximate surface area is 114 Å². The highest BCUT2D eigenvalue weighted by atomic mass is 16.5. The van der Waals surface area contributed by atoms with Crippen molar-refractivity contribution < 1.29 is 9.26 Å². The molecule has 106 valence electrons. The predicted molar refractivity (Wildman–Crippen MR) is 70.7 cm³/mol. The van der Waals surface area contributed by atoms with Gasteiger partial charge < -0.3 is 9.26 Å². The van der Waals surface area contributed by atoms with Crippen LogP contribution in [-0.2, 0) is 4.74 Å². The van der Waals surface area contributed by atoms with Crippen molar-refractivity contribution in [3.05, 3.63) is 11.7 Å². The van der Waals surface area contributed by atoms with Crippen molar-refractivity contribution in [3.8, 4) is 0 Å². The summed E-state index contributed by atoms with van der Waals surface area (Å²) in [4.78, 5) is 6.76. The van der Waals surface area contributed by atoms with Gasteiger partial charge in [0.25, 0.3) is 0 Å². The Morgan fingerprint density at radius 2 is 2.16 bits per heavy atom. The van der Waals surface area contributed by atoms with Gasteiger partial charge in [-0.25, -0.2) is 0 Å². The van der Waals surface area contributed by atoms with E-state index >= 15 is 0 Å². The molecule has 2 heterocycles. The molecule has 0 bridgehead atoms. The Kier molecular flexibility index (Phi) is 4.13. The Hall–Kier alpha value is -0.940. The van der Waals surface area contributed by atoms with Crippen LogP contribution in [0.5, 0.6) is 0 Å². The number of ether oxygens (including phenoxy) is 1. The van der Waals surface area contributed by atoms with Crippen LogP contribution in [0.4, 0.5) is 0 Å². The van der Waals surface area contributed by atoms with Gasteiger partial charge in [-0.2, -0.15) is 4.98 Å². The summed E-state index contributed by atoms with van der Waals surface area (Å²) in [6.45, 7) is 5.69. The van der Waals surface area contributed by atoms with Crippen molar-refractivity contribution in [2.75, 3.05) is 26.2 Å². The zero-order valence-electron chi connectivity index (χ0n) is 11.7. The number of nitrogens with zero attached hydrogens (tertiary/aromatic N) is 3. The van der Waals surface area contributed by atoms with Crippen LogP contribution < -0.4 is 0 Å². The quantitative estimate of drug-likeness (QED) is 0.836. The maximum Gasteiger partial charge on any atom is 0.223 e. The van der Waals surface area contributed by atoms with Gasteiger partial charge in [0.1, 0.15) is 6.10 Å². The summed E-state index contributed by atoms with van der Waals surface area (Å²) in [7, 11) is 0. The molecule has 1 aliphatic heterocycles. The van der Waals surface area contributed by atoms with E-state index in [1.165, 1.54) is 38.6 Å². The highest BCUT2D eigenvalue weighted by Crippen LogP contribution is 2.28. The van der Waals surface area contributed by atoms with Gasteiger partial charge in [0.2, 0.25) is 11.7 Å². The number of rotatable bonds is 4. The van der Waals surface area contributed by atoms with E-state index in [-0.39, 0.29) is 6.10 Å². The van der Waals surface area contributed by atoms with E-state index in [0.717, 1.165) is 25.6 Å². The summed E-state index contributed by atoms with van der Waals surface area (Å²) in [6, 6.07) is 0. The van der Waals surface area contributed by atoms with Crippen LogP contribution in [0.25, 0.3) is 0 Å². The summed E-state index contributed by atoms with van der Waals surface area (Å²) in [6.07, 6.45) is 7.03. The van der Waals surface area contributed by atoms with Gasteiger partial charge in [-0.15, -0.1) is 0 Å². The molecule has 0 aromatic carbocycles. The highest BCUT2D eigenvalue weighted by Gasteiger charge is 2.26. The topological polar surface area (TPSA) is 51.4 Å². The van der Waals surface area contributed by atoms with Crippen molar-refractivity contribution in [1.82, 2.24) is 15.0 Å². The first kappa shape index (κ1) is 13.1. The Balaban J connectivity index is 1.50. The minimum atomic E-state index is -0.0187. The molecule has 1 aliphatic carbocycles. The van der Waals surface area contributed by atoms with E-state index in [0.29, 0.717) is 11.7 Å². The van der Waals surface area contributed by atoms with Crippen LogP contribution in [0.3, 0.4) is 0 Å². The van der Waals surface area contributed by atoms with E-state index in [1.807, 2.05) is 6.92 Å². The van der Waals surface area contributed by atoms with Crippen molar-refractivity contribution in [3.63, 3.8) is 0 Å². The van der Waals surface area contributed by atoms with E-state index in [4.69, 9.17) is 9.26 Å². The normalized spacial score (nSPS) is 26.1. The maximum absolute atomic E-state index is 5.75. The van der Waals surface area contributed by atoms with Gasteiger partial charge >= 0.3 is 0 Å². The average molecular weight is 265 g/mol. The van der Waals surface area contributed by atoms with Crippen LogP contribution in [-0.4, -0.2) is 41.3 Å². The lowest BCUT2D eigenvalue weighted by Gasteiger charge is -2.32. The first-order valence-corrected chi connectivity index (χ1v) is 7.45. The molecule has 19 heavy (non-hydrogen) atoms. The molecule has 0 N–H and O–H groups in total. The van der Waals surface area contributed by atoms with E-state index in [1.54, 1.807) is 0 Å². The minimum Gasteiger partial charge on any atom is -0.367 e. The number of hydrogen-bond acceptors (Lipinski definition) is 5. The molecule has 2 aliphatic rings. The fourth-order valence-corrected chi connectivity index (χ4v) is 3.17. The molecule has 1 saturated carbocycles. The first-order valence-electron chi connectivity index (χ1n) is 7.45. The second kappa shape index (κ2) is 6.01. The zero-order chi connectivity index (χ0) is 13.1. The second-order valence-electron chi connectivity index (χ2n) is 5.77. The second-order valence-corrected chi connectivity index (χ2v) is 5.77. The standard InChI is InChI=1S/C14H23N3O2/c1-11-15-14(16-19-11)13-10-17(8-9-18-13)7-6-12-4-2-3-5-12/h12-13H,2-10H2,1H3/t13-/m1/s1. The summed E-state index contributed by atoms with van der Waals surface area (Å²) in [5, 5.41) is 3.97. The number of aryl methyl sites for hydroxylation is 1. The van der Waals surface area contributed by atoms with Crippen molar-refractivity contribution in [2.24, 2.45) is 5.92 Å². The number of hydrogen-bond donors (Lipinski definition) is 0. The van der Waals surface area contributed by atoms with Crippen molar-refractivity contribution in [2.45, 2.75) is 45.1 Å². The number of aromatic nitrogens is 2. The fraction of sp³-hybridized carbons (Fsp3) is 0.857. The molecule has 0 spiro atoms. The molecule has 2 fully saturated rings. The van der Waals surface area contributed by atoms with E-state index in [2.05, 4.69) is 15.0 Å². The van der Waals surface area contributed by atoms with Gasteiger partial charge in [-0.3, -0.25) is 4.90 Å². The van der Waals surface area contributed by atoms with Crippen LogP contribution >= 0.6 is 0 Å². The molecular formula is C14H23N3O2. The molecule has 1 atom stereocenters. The molecule has 3 rings (SSSR count). The van der Waals surface area contributed by atoms with E-state index < -0.39 is 0 Å². The van der Waals surface area contributed by atoms with E-state index in [9.17, 15) is 0 Å². The lowest BCUT2D eigenvalue weighted by molar-refractivity contribution is -0.0364. The highest BCUT2D eigenvalue weighted by molar-refractivity contribution is 4.93. The van der Waals surface area contributed by atoms with Crippen LogP contribution in [0.15, 0.2) is 4.52 Å². The third-order valence-electron chi connectivity index (χ3n) is 4.31. The molecule has 0 radical (unpaired) electrons. The van der Waals surface area contributed by atoms with Gasteiger partial charge in [0, 0.05) is 20.0 Å². The summed E-state index contributed by atoms with van der Waals surface area (Å²) in [5.74, 6) is 2.26. The molecule has 5 nitrogen and oxygen atoms in total. The van der Waals surface area contributed by atoms with Gasteiger partial charge in [0.15, 0.2) is 0 Å². The van der Waals surface area contributed by atoms with Crippen LogP contribution in [0.1, 0.15) is 49.9 Å². The molecule has 1 saturated heterocycles. The molecule has 0 unspecified atom stereocenters. The SMILES string of the molecule is Cc1nc([C@H]2CN(CCC3CCCC3)CCO2)no1. The lowest BCUT2D eigenvalue weighted by atomic mass is 10.0. The zero-order valence-corrected chi connectivity index (χ0v) is 11.7. The fourth-order valence-electron chi connectivity index (χ4n) is 3.17. The minimum absolute atomic E-state index is 0.0187. The Bertz CT molecular complexity index is 401. The van der Waals surface area contributed by atoms with Gasteiger partial charge in [0.05, 0.1) is 6.61 Å². The largest absolute Gasteiger partial charge is 0.367 e. The summed E-state index contributed by atoms with van der Waals surface area (Å²) in [5.41, 5.74) is 0. The van der Waals surface area contributed by atoms with Gasteiger partial charge in [-0.1, -0.05) is 30.8 Å². The third-order valence-corrected chi connectivity index (χ3v) is 4.31. The smallest absolute Gasteiger partial charge is 0.223 e. The molecule has 1 aromatic rings. The molecular weight excluding hydrogens is 242 g/mol. The molecule has 5 heteroatoms. The van der Waals surface area contributed by atoms with Crippen LogP contribution in [0.2, 0.25) is 0 Å². The third kappa shape index (κ3) is 3.34. The first-order chi connectivity index (χ1) is 9.31. The predicted octanol–water partition coefficient (Wildman–Crippen LogP) is 2.33. The summed E-state index contributed by atoms with van der Waals surface area (Å²) < 4.78 is 10.8. The Morgan fingerprint density at radius 1 is 1.32 bits per heavy atom. The lowest BCUT2D eigenvalue weighted by Crippen LogP contribution is -2.39. The molecule has 1 aromatic heterocycles. The summed E-state index contributed by atoms with van der Waals surface area (Å²) >= 11 is 0. The van der Waals surface area contributed by atoms with Crippen molar-refractivity contribution >= 4 is 0 Å². The Morgan fingerprint density at radius 3 is 2.89 bits per heavy atom. The maximum atomic E-state index is 5.75.